The Labute approximate surface area is 220 Å². The lowest BCUT2D eigenvalue weighted by atomic mass is 9.69. The molecule has 0 heterocycles. The van der Waals surface area contributed by atoms with Crippen LogP contribution in [0.1, 0.15) is 29.5 Å². The maximum Gasteiger partial charge on any atom is 0.323 e. The van der Waals surface area contributed by atoms with Gasteiger partial charge >= 0.3 is 23.9 Å². The molecule has 1 aliphatic carbocycles. The Kier molecular flexibility index (Phi) is 8.76. The predicted octanol–water partition coefficient (Wildman–Crippen LogP) is 3.97. The maximum atomic E-state index is 13.3. The molecule has 0 saturated carbocycles. The molecule has 0 unspecified atom stereocenters. The summed E-state index contributed by atoms with van der Waals surface area (Å²) < 4.78 is 20.4. The maximum absolute atomic E-state index is 13.3. The molecule has 0 amide bonds. The van der Waals surface area contributed by atoms with Gasteiger partial charge in [0.25, 0.3) is 0 Å². The summed E-state index contributed by atoms with van der Waals surface area (Å²) in [7, 11) is 4.84. The second-order valence-corrected chi connectivity index (χ2v) is 9.31. The van der Waals surface area contributed by atoms with Gasteiger partial charge in [0.1, 0.15) is 0 Å². The van der Waals surface area contributed by atoms with Crippen molar-refractivity contribution in [3.05, 3.63) is 76.3 Å². The number of hydrogen-bond acceptors (Lipinski definition) is 8. The Hall–Kier alpha value is -3.65. The molecule has 8 nitrogen and oxygen atoms in total. The Morgan fingerprint density at radius 1 is 0.649 bits per heavy atom. The monoisotopic (exact) mass is 528 g/mol. The average molecular weight is 529 g/mol. The summed E-state index contributed by atoms with van der Waals surface area (Å²) in [5.74, 6) is -3.04. The summed E-state index contributed by atoms with van der Waals surface area (Å²) in [6.07, 6.45) is 1.25. The fourth-order valence-electron chi connectivity index (χ4n) is 4.81. The molecule has 0 saturated heterocycles. The Balaban J connectivity index is 2.36. The minimum absolute atomic E-state index is 0.0780. The number of allylic oxidation sites excluding steroid dienone is 2. The van der Waals surface area contributed by atoms with Crippen LogP contribution in [0.4, 0.5) is 0 Å². The molecule has 0 N–H and O–H groups in total. The van der Waals surface area contributed by atoms with Crippen LogP contribution >= 0.6 is 11.6 Å². The van der Waals surface area contributed by atoms with Crippen LogP contribution in [-0.4, -0.2) is 52.3 Å². The highest BCUT2D eigenvalue weighted by molar-refractivity contribution is 6.30. The van der Waals surface area contributed by atoms with Gasteiger partial charge in [0.05, 0.1) is 28.4 Å². The highest BCUT2D eigenvalue weighted by Crippen LogP contribution is 2.43. The number of rotatable bonds is 5. The average Bonchev–Trinajstić information content (AvgIpc) is 2.93. The summed E-state index contributed by atoms with van der Waals surface area (Å²) in [5, 5.41) is 0.490. The van der Waals surface area contributed by atoms with E-state index >= 15 is 0 Å². The molecular weight excluding hydrogens is 500 g/mol. The number of benzene rings is 2. The lowest BCUT2D eigenvalue weighted by molar-refractivity contribution is -0.171. The summed E-state index contributed by atoms with van der Waals surface area (Å²) in [6, 6.07) is 13.8. The molecule has 0 spiro atoms. The second kappa shape index (κ2) is 11.6. The van der Waals surface area contributed by atoms with E-state index < -0.39 is 34.7 Å². The van der Waals surface area contributed by atoms with Gasteiger partial charge < -0.3 is 18.9 Å². The number of carbonyl (C=O) groups is 4. The molecule has 2 aromatic carbocycles. The van der Waals surface area contributed by atoms with Crippen molar-refractivity contribution in [2.75, 3.05) is 28.4 Å². The molecule has 2 aromatic rings. The standard InChI is InChI=1S/C28H29ClO8/c1-34-23(30)27(24(31)35-2)14-13-21(18-9-11-22(29)12-10-18)17-28(25(32)36-3,26(33)37-4)16-20-8-6-5-7-19(20)15-27/h5-13H,14-17H2,1-4H3/b21-13+. The smallest absolute Gasteiger partial charge is 0.323 e. The van der Waals surface area contributed by atoms with Crippen LogP contribution in [0.15, 0.2) is 54.6 Å². The van der Waals surface area contributed by atoms with E-state index in [0.29, 0.717) is 27.3 Å². The Morgan fingerprint density at radius 2 is 1.08 bits per heavy atom. The van der Waals surface area contributed by atoms with Gasteiger partial charge in [-0.1, -0.05) is 54.1 Å². The van der Waals surface area contributed by atoms with Crippen molar-refractivity contribution in [3.8, 4) is 0 Å². The van der Waals surface area contributed by atoms with Crippen molar-refractivity contribution in [2.24, 2.45) is 10.8 Å². The van der Waals surface area contributed by atoms with E-state index in [2.05, 4.69) is 0 Å². The van der Waals surface area contributed by atoms with E-state index in [9.17, 15) is 19.2 Å². The first kappa shape index (κ1) is 27.9. The number of ether oxygens (including phenoxy) is 4. The molecule has 0 bridgehead atoms. The highest BCUT2D eigenvalue weighted by Gasteiger charge is 2.52. The lowest BCUT2D eigenvalue weighted by Crippen LogP contribution is -2.46. The van der Waals surface area contributed by atoms with Crippen molar-refractivity contribution >= 4 is 41.1 Å². The van der Waals surface area contributed by atoms with E-state index in [1.54, 1.807) is 54.6 Å². The number of halogens is 1. The summed E-state index contributed by atoms with van der Waals surface area (Å²) in [6.45, 7) is 0. The zero-order valence-electron chi connectivity index (χ0n) is 21.2. The third-order valence-corrected chi connectivity index (χ3v) is 7.06. The van der Waals surface area contributed by atoms with Gasteiger partial charge in [-0.25, -0.2) is 0 Å². The zero-order valence-corrected chi connectivity index (χ0v) is 21.9. The molecule has 3 rings (SSSR count). The Morgan fingerprint density at radius 3 is 1.54 bits per heavy atom. The van der Waals surface area contributed by atoms with Gasteiger partial charge in [0.2, 0.25) is 0 Å². The van der Waals surface area contributed by atoms with Crippen molar-refractivity contribution in [1.82, 2.24) is 0 Å². The molecule has 37 heavy (non-hydrogen) atoms. The van der Waals surface area contributed by atoms with Gasteiger partial charge in [-0.05, 0) is 60.1 Å². The van der Waals surface area contributed by atoms with Crippen LogP contribution in [0, 0.1) is 10.8 Å². The summed E-state index contributed by atoms with van der Waals surface area (Å²) in [5.41, 5.74) is -1.12. The van der Waals surface area contributed by atoms with E-state index in [-0.39, 0.29) is 25.7 Å². The van der Waals surface area contributed by atoms with Gasteiger partial charge in [0.15, 0.2) is 10.8 Å². The summed E-state index contributed by atoms with van der Waals surface area (Å²) >= 11 is 6.09. The first-order valence-corrected chi connectivity index (χ1v) is 11.9. The summed E-state index contributed by atoms with van der Waals surface area (Å²) in [4.78, 5) is 53.0. The zero-order chi connectivity index (χ0) is 27.2. The highest BCUT2D eigenvalue weighted by atomic mass is 35.5. The number of esters is 4. The third kappa shape index (κ3) is 5.39. The molecule has 1 aliphatic rings. The molecule has 0 atom stereocenters. The van der Waals surface area contributed by atoms with Crippen LogP contribution < -0.4 is 0 Å². The van der Waals surface area contributed by atoms with Crippen molar-refractivity contribution in [3.63, 3.8) is 0 Å². The van der Waals surface area contributed by atoms with E-state index in [1.807, 2.05) is 0 Å². The van der Waals surface area contributed by atoms with Gasteiger partial charge in [-0.15, -0.1) is 0 Å². The Bertz CT molecular complexity index is 1180. The molecule has 0 radical (unpaired) electrons. The van der Waals surface area contributed by atoms with Crippen LogP contribution in [-0.2, 0) is 51.0 Å². The molecule has 0 fully saturated rings. The lowest BCUT2D eigenvalue weighted by Gasteiger charge is -2.34. The van der Waals surface area contributed by atoms with Crippen LogP contribution in [0.5, 0.6) is 0 Å². The number of hydrogen-bond donors (Lipinski definition) is 0. The van der Waals surface area contributed by atoms with Crippen molar-refractivity contribution in [1.29, 1.82) is 0 Å². The van der Waals surface area contributed by atoms with Gasteiger partial charge in [-0.3, -0.25) is 19.2 Å². The van der Waals surface area contributed by atoms with Gasteiger partial charge in [0, 0.05) is 5.02 Å². The van der Waals surface area contributed by atoms with Crippen molar-refractivity contribution < 1.29 is 38.1 Å². The third-order valence-electron chi connectivity index (χ3n) is 6.81. The molecule has 0 aromatic heterocycles. The van der Waals surface area contributed by atoms with Crippen LogP contribution in [0.2, 0.25) is 5.02 Å². The topological polar surface area (TPSA) is 105 Å². The number of methoxy groups -OCH3 is 4. The number of carbonyl (C=O) groups excluding carboxylic acids is 4. The first-order chi connectivity index (χ1) is 17.7. The van der Waals surface area contributed by atoms with E-state index in [0.717, 1.165) is 0 Å². The molecule has 9 heteroatoms. The van der Waals surface area contributed by atoms with E-state index in [4.69, 9.17) is 30.5 Å². The largest absolute Gasteiger partial charge is 0.468 e. The molecular formula is C28H29ClO8. The molecule has 0 aliphatic heterocycles. The van der Waals surface area contributed by atoms with Crippen molar-refractivity contribution in [2.45, 2.75) is 25.7 Å². The quantitative estimate of drug-likeness (QED) is 0.326. The van der Waals surface area contributed by atoms with Crippen LogP contribution in [0.25, 0.3) is 5.57 Å². The first-order valence-electron chi connectivity index (χ1n) is 11.5. The normalized spacial score (nSPS) is 17.7. The second-order valence-electron chi connectivity index (χ2n) is 8.87. The predicted molar refractivity (Wildman–Crippen MR) is 135 cm³/mol. The fourth-order valence-corrected chi connectivity index (χ4v) is 4.94. The van der Waals surface area contributed by atoms with Crippen LogP contribution in [0.3, 0.4) is 0 Å². The van der Waals surface area contributed by atoms with Gasteiger partial charge in [-0.2, -0.15) is 0 Å². The minimum atomic E-state index is -1.73. The fraction of sp³-hybridized carbons (Fsp3) is 0.357. The minimum Gasteiger partial charge on any atom is -0.468 e. The number of fused-ring (bicyclic) bond motifs is 1. The van der Waals surface area contributed by atoms with E-state index in [1.165, 1.54) is 28.4 Å². The SMILES string of the molecule is COC(=O)C1(C(=O)OC)C/C=C(/c2ccc(Cl)cc2)CC(C(=O)OC)(C(=O)OC)Cc2ccccc2C1. The molecule has 196 valence electrons.